The Morgan fingerprint density at radius 2 is 1.78 bits per heavy atom. The Bertz CT molecular complexity index is 1530. The molecule has 0 atom stereocenters. The lowest BCUT2D eigenvalue weighted by molar-refractivity contribution is 0.0964. The number of rotatable bonds is 11. The summed E-state index contributed by atoms with van der Waals surface area (Å²) in [4.78, 5) is 17.5. The van der Waals surface area contributed by atoms with Crippen LogP contribution in [0.25, 0.3) is 22.4 Å². The quantitative estimate of drug-likeness (QED) is 0.359. The van der Waals surface area contributed by atoms with Gasteiger partial charge in [-0.25, -0.2) is 21.2 Å². The van der Waals surface area contributed by atoms with E-state index >= 15 is 0 Å². The highest BCUT2D eigenvalue weighted by molar-refractivity contribution is 7.92. The van der Waals surface area contributed by atoms with Crippen molar-refractivity contribution in [1.29, 1.82) is 0 Å². The molecule has 0 radical (unpaired) electrons. The molecule has 0 saturated heterocycles. The molecule has 37 heavy (non-hydrogen) atoms. The molecule has 0 unspecified atom stereocenters. The zero-order valence-corrected chi connectivity index (χ0v) is 22.6. The molecule has 0 aliphatic heterocycles. The second-order valence-corrected chi connectivity index (χ2v) is 13.6. The molecule has 9 nitrogen and oxygen atoms in total. The van der Waals surface area contributed by atoms with E-state index in [0.29, 0.717) is 35.8 Å². The normalized spacial score (nSPS) is 14.2. The molecule has 3 aromatic rings. The molecular formula is C25H30FN3O6S2. The lowest BCUT2D eigenvalue weighted by Crippen LogP contribution is -2.32. The number of carbonyl (C=O) groups is 1. The van der Waals surface area contributed by atoms with Crippen LogP contribution < -0.4 is 9.62 Å². The second kappa shape index (κ2) is 10.4. The maximum Gasteiger partial charge on any atom is 0.255 e. The monoisotopic (exact) mass is 551 g/mol. The molecule has 1 fully saturated rings. The lowest BCUT2D eigenvalue weighted by Gasteiger charge is -2.24. The van der Waals surface area contributed by atoms with Crippen LogP contribution in [-0.4, -0.2) is 59.6 Å². The van der Waals surface area contributed by atoms with E-state index in [9.17, 15) is 26.0 Å². The topological polar surface area (TPSA) is 127 Å². The van der Waals surface area contributed by atoms with Gasteiger partial charge in [-0.1, -0.05) is 6.42 Å². The van der Waals surface area contributed by atoms with Gasteiger partial charge < -0.3 is 9.73 Å². The number of pyridine rings is 1. The Balaban J connectivity index is 1.79. The number of hydrogen-bond donors (Lipinski definition) is 1. The largest absolute Gasteiger partial charge is 0.437 e. The minimum atomic E-state index is -3.72. The second-order valence-electron chi connectivity index (χ2n) is 9.45. The van der Waals surface area contributed by atoms with E-state index in [0.717, 1.165) is 19.1 Å². The van der Waals surface area contributed by atoms with Gasteiger partial charge in [0.2, 0.25) is 15.7 Å². The Labute approximate surface area is 216 Å². The molecule has 1 amide bonds. The summed E-state index contributed by atoms with van der Waals surface area (Å²) in [5, 5.41) is 3.06. The van der Waals surface area contributed by atoms with Gasteiger partial charge >= 0.3 is 0 Å². The van der Waals surface area contributed by atoms with E-state index in [-0.39, 0.29) is 41.1 Å². The maximum absolute atomic E-state index is 13.5. The molecule has 1 aliphatic carbocycles. The summed E-state index contributed by atoms with van der Waals surface area (Å²) in [6.45, 7) is 0.134. The van der Waals surface area contributed by atoms with Crippen molar-refractivity contribution in [3.8, 4) is 11.3 Å². The Kier molecular flexibility index (Phi) is 7.61. The Morgan fingerprint density at radius 1 is 1.11 bits per heavy atom. The zero-order valence-electron chi connectivity index (χ0n) is 21.0. The molecule has 0 bridgehead atoms. The fourth-order valence-electron chi connectivity index (χ4n) is 4.30. The van der Waals surface area contributed by atoms with Gasteiger partial charge in [0.15, 0.2) is 0 Å². The third-order valence-corrected chi connectivity index (χ3v) is 8.47. The van der Waals surface area contributed by atoms with Crippen LogP contribution in [0.1, 0.15) is 53.9 Å². The van der Waals surface area contributed by atoms with Crippen LogP contribution in [0, 0.1) is 5.82 Å². The van der Waals surface area contributed by atoms with Crippen molar-refractivity contribution < 1.29 is 30.4 Å². The van der Waals surface area contributed by atoms with E-state index in [1.54, 1.807) is 6.07 Å². The van der Waals surface area contributed by atoms with Crippen LogP contribution in [0.5, 0.6) is 0 Å². The summed E-state index contributed by atoms with van der Waals surface area (Å²) in [5.74, 6) is -0.220. The van der Waals surface area contributed by atoms with Crippen molar-refractivity contribution in [2.75, 3.05) is 36.2 Å². The lowest BCUT2D eigenvalue weighted by atomic mass is 10.0. The van der Waals surface area contributed by atoms with Crippen molar-refractivity contribution in [3.63, 3.8) is 0 Å². The smallest absolute Gasteiger partial charge is 0.255 e. The van der Waals surface area contributed by atoms with Gasteiger partial charge in [0, 0.05) is 31.2 Å². The van der Waals surface area contributed by atoms with Crippen LogP contribution in [0.15, 0.2) is 34.7 Å². The van der Waals surface area contributed by atoms with Crippen LogP contribution >= 0.6 is 0 Å². The van der Waals surface area contributed by atoms with E-state index in [4.69, 9.17) is 4.42 Å². The summed E-state index contributed by atoms with van der Waals surface area (Å²) >= 11 is 0. The van der Waals surface area contributed by atoms with Crippen LogP contribution in [0.4, 0.5) is 10.2 Å². The molecule has 12 heteroatoms. The molecule has 1 N–H and O–H groups in total. The minimum Gasteiger partial charge on any atom is -0.437 e. The predicted molar refractivity (Wildman–Crippen MR) is 141 cm³/mol. The highest BCUT2D eigenvalue weighted by Crippen LogP contribution is 2.46. The molecular weight excluding hydrogens is 521 g/mol. The Hall–Kier alpha value is -2.99. The van der Waals surface area contributed by atoms with E-state index in [1.807, 2.05) is 0 Å². The van der Waals surface area contributed by atoms with Crippen molar-refractivity contribution in [2.45, 2.75) is 38.0 Å². The number of amides is 1. The number of halogens is 1. The van der Waals surface area contributed by atoms with Gasteiger partial charge in [0.1, 0.15) is 27.2 Å². The first kappa shape index (κ1) is 27.1. The van der Waals surface area contributed by atoms with Gasteiger partial charge in [-0.15, -0.1) is 0 Å². The van der Waals surface area contributed by atoms with E-state index < -0.39 is 31.6 Å². The third kappa shape index (κ3) is 6.30. The van der Waals surface area contributed by atoms with Crippen molar-refractivity contribution >= 4 is 42.7 Å². The molecule has 0 spiro atoms. The van der Waals surface area contributed by atoms with Gasteiger partial charge in [0.25, 0.3) is 5.91 Å². The number of anilines is 1. The minimum absolute atomic E-state index is 0.0459. The third-order valence-electron chi connectivity index (χ3n) is 6.28. The molecule has 2 heterocycles. The summed E-state index contributed by atoms with van der Waals surface area (Å²) < 4.78 is 69.2. The SMILES string of the molecule is CNC(=O)c1c(-c2ccc(F)cc2)oc2nc(N(CCCCCS(C)(=O)=O)S(C)(=O)=O)c(C3CC3)cc12. The molecule has 4 rings (SSSR count). The number of aromatic nitrogens is 1. The van der Waals surface area contributed by atoms with Crippen molar-refractivity contribution in [2.24, 2.45) is 0 Å². The number of fused-ring (bicyclic) bond motifs is 1. The first-order valence-electron chi connectivity index (χ1n) is 12.0. The van der Waals surface area contributed by atoms with Crippen LogP contribution in [-0.2, 0) is 19.9 Å². The molecule has 1 aliphatic rings. The highest BCUT2D eigenvalue weighted by atomic mass is 32.2. The number of unbranched alkanes of at least 4 members (excludes halogenated alkanes) is 2. The number of benzene rings is 1. The van der Waals surface area contributed by atoms with Gasteiger partial charge in [-0.2, -0.15) is 4.98 Å². The summed E-state index contributed by atoms with van der Waals surface area (Å²) in [6.07, 6.45) is 5.44. The van der Waals surface area contributed by atoms with Crippen molar-refractivity contribution in [1.82, 2.24) is 10.3 Å². The van der Waals surface area contributed by atoms with Crippen LogP contribution in [0.3, 0.4) is 0 Å². The summed E-state index contributed by atoms with van der Waals surface area (Å²) in [7, 11) is -5.31. The van der Waals surface area contributed by atoms with E-state index in [1.165, 1.54) is 41.9 Å². The maximum atomic E-state index is 13.5. The van der Waals surface area contributed by atoms with Crippen LogP contribution in [0.2, 0.25) is 0 Å². The van der Waals surface area contributed by atoms with Crippen molar-refractivity contribution in [3.05, 3.63) is 47.3 Å². The number of sulfonamides is 1. The highest BCUT2D eigenvalue weighted by Gasteiger charge is 2.34. The first-order valence-corrected chi connectivity index (χ1v) is 15.9. The average molecular weight is 552 g/mol. The number of furan rings is 1. The first-order chi connectivity index (χ1) is 17.4. The van der Waals surface area contributed by atoms with E-state index in [2.05, 4.69) is 10.3 Å². The number of nitrogens with one attached hydrogen (secondary N) is 1. The molecule has 200 valence electrons. The van der Waals surface area contributed by atoms with Gasteiger partial charge in [0.05, 0.1) is 17.2 Å². The zero-order chi connectivity index (χ0) is 27.0. The average Bonchev–Trinajstić information content (AvgIpc) is 3.59. The number of sulfone groups is 1. The molecule has 2 aromatic heterocycles. The summed E-state index contributed by atoms with van der Waals surface area (Å²) in [6, 6.07) is 7.31. The fourth-order valence-corrected chi connectivity index (χ4v) is 5.95. The number of hydrogen-bond acceptors (Lipinski definition) is 7. The standard InChI is InChI=1S/C25H30FN3O6S2/c1-27-24(30)21-20-15-19(16-7-8-16)23(28-25(20)35-22(21)17-9-11-18(26)12-10-17)29(37(3,33)34)13-5-4-6-14-36(2,31)32/h9-12,15-16H,4-8,13-14H2,1-3H3,(H,27,30). The summed E-state index contributed by atoms with van der Waals surface area (Å²) in [5.41, 5.74) is 1.55. The number of carbonyl (C=O) groups excluding carboxylic acids is 1. The fraction of sp³-hybridized carbons (Fsp3) is 0.440. The number of nitrogens with zero attached hydrogens (tertiary/aromatic N) is 2. The van der Waals surface area contributed by atoms with Gasteiger partial charge in [-0.05, 0) is 67.5 Å². The Morgan fingerprint density at radius 3 is 2.35 bits per heavy atom. The molecule has 1 aromatic carbocycles. The predicted octanol–water partition coefficient (Wildman–Crippen LogP) is 3.85. The molecule has 1 saturated carbocycles. The van der Waals surface area contributed by atoms with Gasteiger partial charge in [-0.3, -0.25) is 9.10 Å².